The van der Waals surface area contributed by atoms with Crippen LogP contribution in [0.5, 0.6) is 0 Å². The van der Waals surface area contributed by atoms with Gasteiger partial charge in [-0.3, -0.25) is 9.59 Å². The Kier molecular flexibility index (Phi) is 8.67. The SMILES string of the molecule is CC(C)(C)OC(=O)N1CCC(OCc2ccc(C=NN=C3NC(=O)C(CC(=O)O)S3)cc2)CC1. The van der Waals surface area contributed by atoms with Gasteiger partial charge in [-0.1, -0.05) is 36.0 Å². The number of carboxylic acid groups (broad SMARTS) is 1. The highest BCUT2D eigenvalue weighted by Gasteiger charge is 2.32. The number of likely N-dealkylation sites (tertiary alicyclic amines) is 1. The van der Waals surface area contributed by atoms with E-state index in [2.05, 4.69) is 15.5 Å². The van der Waals surface area contributed by atoms with Crippen LogP contribution in [0.2, 0.25) is 0 Å². The molecule has 2 N–H and O–H groups in total. The Bertz CT molecular complexity index is 949. The smallest absolute Gasteiger partial charge is 0.410 e. The number of nitrogens with zero attached hydrogens (tertiary/aromatic N) is 3. The van der Waals surface area contributed by atoms with Crippen LogP contribution in [0, 0.1) is 0 Å². The van der Waals surface area contributed by atoms with Crippen molar-refractivity contribution in [1.82, 2.24) is 10.2 Å². The first-order valence-electron chi connectivity index (χ1n) is 11.1. The zero-order valence-electron chi connectivity index (χ0n) is 19.5. The second kappa shape index (κ2) is 11.5. The molecule has 184 valence electrons. The molecule has 1 aromatic rings. The van der Waals surface area contributed by atoms with Crippen LogP contribution in [0.25, 0.3) is 0 Å². The Morgan fingerprint density at radius 3 is 2.53 bits per heavy atom. The van der Waals surface area contributed by atoms with E-state index >= 15 is 0 Å². The van der Waals surface area contributed by atoms with Gasteiger partial charge in [0.2, 0.25) is 5.91 Å². The van der Waals surface area contributed by atoms with Crippen LogP contribution in [0.15, 0.2) is 34.5 Å². The minimum Gasteiger partial charge on any atom is -0.481 e. The molecule has 2 heterocycles. The summed E-state index contributed by atoms with van der Waals surface area (Å²) in [6.07, 6.45) is 2.66. The summed E-state index contributed by atoms with van der Waals surface area (Å²) in [4.78, 5) is 36.3. The number of amides is 2. The van der Waals surface area contributed by atoms with Crippen molar-refractivity contribution in [3.63, 3.8) is 0 Å². The van der Waals surface area contributed by atoms with Gasteiger partial charge in [0, 0.05) is 13.1 Å². The minimum absolute atomic E-state index is 0.0971. The van der Waals surface area contributed by atoms with E-state index in [0.29, 0.717) is 19.7 Å². The molecule has 2 amide bonds. The van der Waals surface area contributed by atoms with Gasteiger partial charge in [-0.05, 0) is 44.7 Å². The third kappa shape index (κ3) is 8.14. The molecule has 3 rings (SSSR count). The zero-order chi connectivity index (χ0) is 24.7. The normalized spacial score (nSPS) is 20.7. The Balaban J connectivity index is 1.40. The van der Waals surface area contributed by atoms with E-state index in [4.69, 9.17) is 14.6 Å². The lowest BCUT2D eigenvalue weighted by Crippen LogP contribution is -2.43. The molecule has 0 saturated carbocycles. The number of amidine groups is 1. The Labute approximate surface area is 202 Å². The largest absolute Gasteiger partial charge is 0.481 e. The first-order chi connectivity index (χ1) is 16.1. The maximum atomic E-state index is 12.2. The fourth-order valence-corrected chi connectivity index (χ4v) is 4.25. The van der Waals surface area contributed by atoms with Crippen molar-refractivity contribution in [3.8, 4) is 0 Å². The zero-order valence-corrected chi connectivity index (χ0v) is 20.3. The molecular formula is C23H30N4O6S. The molecule has 0 bridgehead atoms. The molecule has 10 nitrogen and oxygen atoms in total. The fourth-order valence-electron chi connectivity index (χ4n) is 3.34. The van der Waals surface area contributed by atoms with Crippen molar-refractivity contribution < 1.29 is 29.0 Å². The van der Waals surface area contributed by atoms with Gasteiger partial charge in [-0.2, -0.15) is 5.10 Å². The first kappa shape index (κ1) is 25.7. The number of benzene rings is 1. The lowest BCUT2D eigenvalue weighted by Gasteiger charge is -2.33. The lowest BCUT2D eigenvalue weighted by molar-refractivity contribution is -0.138. The predicted octanol–water partition coefficient (Wildman–Crippen LogP) is 3.00. The first-order valence-corrected chi connectivity index (χ1v) is 12.0. The molecule has 2 aliphatic rings. The maximum absolute atomic E-state index is 12.2. The number of nitrogens with one attached hydrogen (secondary N) is 1. The van der Waals surface area contributed by atoms with E-state index in [-0.39, 0.29) is 29.7 Å². The molecule has 2 fully saturated rings. The average molecular weight is 491 g/mol. The summed E-state index contributed by atoms with van der Waals surface area (Å²) in [6, 6.07) is 7.67. The van der Waals surface area contributed by atoms with Crippen LogP contribution >= 0.6 is 11.8 Å². The van der Waals surface area contributed by atoms with Crippen LogP contribution < -0.4 is 5.32 Å². The molecule has 34 heavy (non-hydrogen) atoms. The summed E-state index contributed by atoms with van der Waals surface area (Å²) in [7, 11) is 0. The van der Waals surface area contributed by atoms with Crippen LogP contribution in [0.3, 0.4) is 0 Å². The van der Waals surface area contributed by atoms with Crippen molar-refractivity contribution in [2.24, 2.45) is 10.2 Å². The van der Waals surface area contributed by atoms with Crippen LogP contribution in [-0.4, -0.2) is 69.4 Å². The fraction of sp³-hybridized carbons (Fsp3) is 0.522. The van der Waals surface area contributed by atoms with Crippen molar-refractivity contribution in [1.29, 1.82) is 0 Å². The number of carbonyl (C=O) groups is 3. The highest BCUT2D eigenvalue weighted by Crippen LogP contribution is 2.22. The Morgan fingerprint density at radius 2 is 1.91 bits per heavy atom. The van der Waals surface area contributed by atoms with Crippen molar-refractivity contribution in [3.05, 3.63) is 35.4 Å². The quantitative estimate of drug-likeness (QED) is 0.444. The number of aliphatic carboxylic acids is 1. The third-order valence-electron chi connectivity index (χ3n) is 5.05. The molecule has 11 heteroatoms. The second-order valence-electron chi connectivity index (χ2n) is 9.06. The maximum Gasteiger partial charge on any atom is 0.410 e. The number of carbonyl (C=O) groups excluding carboxylic acids is 2. The standard InChI is InChI=1S/C23H30N4O6S/c1-23(2,3)33-22(31)27-10-8-17(9-11-27)32-14-16-6-4-15(5-7-16)13-24-26-21-25-20(30)18(34-21)12-19(28)29/h4-7,13,17-18H,8-12,14H2,1-3H3,(H,28,29)(H,25,26,30). The Hall–Kier alpha value is -2.92. The summed E-state index contributed by atoms with van der Waals surface area (Å²) in [5.41, 5.74) is 1.35. The van der Waals surface area contributed by atoms with Crippen molar-refractivity contribution in [2.45, 2.75) is 63.6 Å². The number of ether oxygens (including phenoxy) is 2. The van der Waals surface area contributed by atoms with Gasteiger partial charge in [0.05, 0.1) is 25.3 Å². The molecule has 2 saturated heterocycles. The summed E-state index contributed by atoms with van der Waals surface area (Å²) < 4.78 is 11.4. The number of piperidine rings is 1. The number of carboxylic acids is 1. The van der Waals surface area contributed by atoms with E-state index in [9.17, 15) is 14.4 Å². The van der Waals surface area contributed by atoms with Gasteiger partial charge < -0.3 is 24.8 Å². The van der Waals surface area contributed by atoms with E-state index < -0.39 is 16.8 Å². The molecule has 0 aromatic heterocycles. The summed E-state index contributed by atoms with van der Waals surface area (Å²) in [5, 5.41) is 18.9. The summed E-state index contributed by atoms with van der Waals surface area (Å²) >= 11 is 1.06. The van der Waals surface area contributed by atoms with Gasteiger partial charge in [0.25, 0.3) is 0 Å². The van der Waals surface area contributed by atoms with Crippen molar-refractivity contribution >= 4 is 41.1 Å². The predicted molar refractivity (Wildman–Crippen MR) is 129 cm³/mol. The second-order valence-corrected chi connectivity index (χ2v) is 10.3. The Morgan fingerprint density at radius 1 is 1.24 bits per heavy atom. The summed E-state index contributed by atoms with van der Waals surface area (Å²) in [6.45, 7) is 7.29. The molecule has 1 aromatic carbocycles. The molecule has 1 atom stereocenters. The molecule has 0 aliphatic carbocycles. The van der Waals surface area contributed by atoms with Crippen LogP contribution in [0.4, 0.5) is 4.79 Å². The highest BCUT2D eigenvalue weighted by molar-refractivity contribution is 8.15. The molecule has 0 radical (unpaired) electrons. The number of hydrogen-bond acceptors (Lipinski definition) is 8. The number of rotatable bonds is 7. The van der Waals surface area contributed by atoms with E-state index in [0.717, 1.165) is 35.7 Å². The van der Waals surface area contributed by atoms with E-state index in [1.54, 1.807) is 11.1 Å². The summed E-state index contributed by atoms with van der Waals surface area (Å²) in [5.74, 6) is -1.41. The van der Waals surface area contributed by atoms with Gasteiger partial charge in [-0.25, -0.2) is 4.79 Å². The minimum atomic E-state index is -1.03. The van der Waals surface area contributed by atoms with E-state index in [1.807, 2.05) is 45.0 Å². The molecule has 2 aliphatic heterocycles. The van der Waals surface area contributed by atoms with E-state index in [1.165, 1.54) is 0 Å². The number of thioether (sulfide) groups is 1. The highest BCUT2D eigenvalue weighted by atomic mass is 32.2. The molecule has 1 unspecified atom stereocenters. The molecule has 0 spiro atoms. The van der Waals surface area contributed by atoms with Gasteiger partial charge >= 0.3 is 12.1 Å². The van der Waals surface area contributed by atoms with Gasteiger partial charge in [-0.15, -0.1) is 5.10 Å². The van der Waals surface area contributed by atoms with Gasteiger partial charge in [0.15, 0.2) is 5.17 Å². The van der Waals surface area contributed by atoms with Crippen molar-refractivity contribution in [2.75, 3.05) is 13.1 Å². The number of hydrogen-bond donors (Lipinski definition) is 2. The topological polar surface area (TPSA) is 130 Å². The molecular weight excluding hydrogens is 460 g/mol. The average Bonchev–Trinajstić information content (AvgIpc) is 3.10. The van der Waals surface area contributed by atoms with Gasteiger partial charge in [0.1, 0.15) is 10.9 Å². The lowest BCUT2D eigenvalue weighted by atomic mass is 10.1. The van der Waals surface area contributed by atoms with Crippen LogP contribution in [-0.2, 0) is 25.7 Å². The van der Waals surface area contributed by atoms with Crippen LogP contribution in [0.1, 0.15) is 51.2 Å². The third-order valence-corrected chi connectivity index (χ3v) is 6.12. The monoisotopic (exact) mass is 490 g/mol.